The molecule has 5 nitrogen and oxygen atoms in total. The predicted molar refractivity (Wildman–Crippen MR) is 91.8 cm³/mol. The summed E-state index contributed by atoms with van der Waals surface area (Å²) in [5.41, 5.74) is 0.749. The van der Waals surface area contributed by atoms with E-state index in [0.717, 1.165) is 11.4 Å². The lowest BCUT2D eigenvalue weighted by atomic mass is 10.3. The number of hydrogen-bond acceptors (Lipinski definition) is 4. The van der Waals surface area contributed by atoms with E-state index in [0.29, 0.717) is 18.8 Å². The average Bonchev–Trinajstić information content (AvgIpc) is 2.50. The maximum absolute atomic E-state index is 11.7. The van der Waals surface area contributed by atoms with E-state index in [1.807, 2.05) is 6.92 Å². The molecule has 2 N–H and O–H groups in total. The Balaban J connectivity index is 2.34. The van der Waals surface area contributed by atoms with Crippen LogP contribution in [0.15, 0.2) is 24.3 Å². The van der Waals surface area contributed by atoms with Gasteiger partial charge in [0, 0.05) is 12.3 Å². The molecule has 0 saturated carbocycles. The summed E-state index contributed by atoms with van der Waals surface area (Å²) in [5.74, 6) is 1.59. The van der Waals surface area contributed by atoms with Gasteiger partial charge in [-0.2, -0.15) is 0 Å². The lowest BCUT2D eigenvalue weighted by Gasteiger charge is -2.12. The van der Waals surface area contributed by atoms with Crippen LogP contribution in [-0.2, 0) is 20.4 Å². The highest BCUT2D eigenvalue weighted by Gasteiger charge is 2.09. The molecule has 22 heavy (non-hydrogen) atoms. The predicted octanol–water partition coefficient (Wildman–Crippen LogP) is 1.67. The van der Waals surface area contributed by atoms with E-state index >= 15 is 0 Å². The Morgan fingerprint density at radius 3 is 2.55 bits per heavy atom. The van der Waals surface area contributed by atoms with Gasteiger partial charge in [0.1, 0.15) is 24.2 Å². The van der Waals surface area contributed by atoms with Crippen LogP contribution in [0.4, 0.5) is 5.69 Å². The van der Waals surface area contributed by atoms with Crippen molar-refractivity contribution < 1.29 is 19.4 Å². The Kier molecular flexibility index (Phi) is 8.96. The van der Waals surface area contributed by atoms with E-state index in [1.54, 1.807) is 24.3 Å². The number of amides is 1. The van der Waals surface area contributed by atoms with E-state index in [2.05, 4.69) is 17.8 Å². The molecule has 0 aromatic heterocycles. The highest BCUT2D eigenvalue weighted by molar-refractivity contribution is 7.95. The monoisotopic (exact) mass is 328 g/mol. The molecule has 1 amide bonds. The number of carbonyl (C=O) groups excluding carboxylic acids is 1. The highest BCUT2D eigenvalue weighted by Crippen LogP contribution is 2.16. The van der Waals surface area contributed by atoms with Crippen molar-refractivity contribution in [2.45, 2.75) is 19.4 Å². The molecule has 124 valence electrons. The van der Waals surface area contributed by atoms with Crippen molar-refractivity contribution in [1.82, 2.24) is 0 Å². The molecule has 0 aliphatic carbocycles. The van der Waals surface area contributed by atoms with Gasteiger partial charge < -0.3 is 19.9 Å². The second-order valence-electron chi connectivity index (χ2n) is 5.14. The van der Waals surface area contributed by atoms with Crippen LogP contribution in [0.1, 0.15) is 13.3 Å². The first-order valence-electron chi connectivity index (χ1n) is 7.34. The minimum absolute atomic E-state index is 0.0296. The molecule has 1 aromatic carbocycles. The van der Waals surface area contributed by atoms with Crippen molar-refractivity contribution in [2.75, 3.05) is 43.4 Å². The molecule has 1 atom stereocenters. The number of aliphatic hydroxyl groups is 1. The van der Waals surface area contributed by atoms with Gasteiger partial charge in [-0.3, -0.25) is 4.79 Å². The standard InChI is InChI=1S/C16H25NO4S/c1-4-20-11-14(18)12-21-15-7-5-13(6-8-15)17-16(19)9-10-22(2)3/h5-8,14,18H,4,9-12H2,1-3H3/p+1/t14-/m0/s1. The summed E-state index contributed by atoms with van der Waals surface area (Å²) in [7, 11) is 0.277. The van der Waals surface area contributed by atoms with Crippen molar-refractivity contribution in [3.8, 4) is 5.75 Å². The maximum Gasteiger partial charge on any atom is 0.229 e. The minimum Gasteiger partial charge on any atom is -0.491 e. The average molecular weight is 328 g/mol. The van der Waals surface area contributed by atoms with Gasteiger partial charge in [-0.05, 0) is 42.1 Å². The molecule has 0 radical (unpaired) electrons. The van der Waals surface area contributed by atoms with Gasteiger partial charge >= 0.3 is 0 Å². The fourth-order valence-electron chi connectivity index (χ4n) is 1.65. The molecule has 0 unspecified atom stereocenters. The molecule has 0 aliphatic heterocycles. The topological polar surface area (TPSA) is 67.8 Å². The molecule has 0 heterocycles. The van der Waals surface area contributed by atoms with Crippen LogP contribution in [0.2, 0.25) is 0 Å². The number of benzene rings is 1. The summed E-state index contributed by atoms with van der Waals surface area (Å²) in [5, 5.41) is 12.5. The Labute approximate surface area is 135 Å². The van der Waals surface area contributed by atoms with Gasteiger partial charge in [0.15, 0.2) is 0 Å². The van der Waals surface area contributed by atoms with Crippen LogP contribution in [0.25, 0.3) is 0 Å². The third kappa shape index (κ3) is 8.26. The molecule has 6 heteroatoms. The summed E-state index contributed by atoms with van der Waals surface area (Å²) in [6.45, 7) is 2.90. The summed E-state index contributed by atoms with van der Waals surface area (Å²) in [4.78, 5) is 11.7. The van der Waals surface area contributed by atoms with Crippen molar-refractivity contribution in [1.29, 1.82) is 0 Å². The number of rotatable bonds is 10. The zero-order chi connectivity index (χ0) is 16.4. The number of carbonyl (C=O) groups is 1. The van der Waals surface area contributed by atoms with Crippen LogP contribution in [-0.4, -0.2) is 55.2 Å². The number of aliphatic hydroxyl groups excluding tert-OH is 1. The molecule has 0 spiro atoms. The van der Waals surface area contributed by atoms with Gasteiger partial charge in [0.25, 0.3) is 0 Å². The Hall–Kier alpha value is -1.24. The Morgan fingerprint density at radius 1 is 1.27 bits per heavy atom. The zero-order valence-electron chi connectivity index (χ0n) is 13.5. The van der Waals surface area contributed by atoms with Gasteiger partial charge in [0.2, 0.25) is 5.91 Å². The third-order valence-corrected chi connectivity index (χ3v) is 3.85. The van der Waals surface area contributed by atoms with E-state index in [4.69, 9.17) is 9.47 Å². The van der Waals surface area contributed by atoms with Gasteiger partial charge in [0.05, 0.1) is 25.5 Å². The maximum atomic E-state index is 11.7. The van der Waals surface area contributed by atoms with E-state index in [1.165, 1.54) is 0 Å². The van der Waals surface area contributed by atoms with Crippen LogP contribution in [0.5, 0.6) is 5.75 Å². The zero-order valence-corrected chi connectivity index (χ0v) is 14.3. The lowest BCUT2D eigenvalue weighted by Crippen LogP contribution is -2.23. The fraction of sp³-hybridized carbons (Fsp3) is 0.562. The molecular weight excluding hydrogens is 302 g/mol. The summed E-state index contributed by atoms with van der Waals surface area (Å²) < 4.78 is 10.6. The SMILES string of the molecule is CCOC[C@H](O)COc1ccc(NC(=O)CC[S+](C)C)cc1. The van der Waals surface area contributed by atoms with E-state index in [9.17, 15) is 9.90 Å². The van der Waals surface area contributed by atoms with Crippen molar-refractivity contribution in [3.05, 3.63) is 24.3 Å². The molecular formula is C16H26NO4S+. The summed E-state index contributed by atoms with van der Waals surface area (Å²) in [6, 6.07) is 7.13. The smallest absolute Gasteiger partial charge is 0.229 e. The second kappa shape index (κ2) is 10.5. The summed E-state index contributed by atoms with van der Waals surface area (Å²) >= 11 is 0. The van der Waals surface area contributed by atoms with Crippen LogP contribution < -0.4 is 10.1 Å². The van der Waals surface area contributed by atoms with Gasteiger partial charge in [-0.15, -0.1) is 0 Å². The molecule has 0 fully saturated rings. The van der Waals surface area contributed by atoms with Crippen molar-refractivity contribution in [2.24, 2.45) is 0 Å². The second-order valence-corrected chi connectivity index (χ2v) is 7.52. The van der Waals surface area contributed by atoms with Crippen molar-refractivity contribution >= 4 is 22.5 Å². The third-order valence-electron chi connectivity index (χ3n) is 2.83. The first-order valence-corrected chi connectivity index (χ1v) is 9.55. The normalized spacial score (nSPS) is 12.2. The van der Waals surface area contributed by atoms with Gasteiger partial charge in [-0.25, -0.2) is 0 Å². The van der Waals surface area contributed by atoms with E-state index in [-0.39, 0.29) is 30.0 Å². The van der Waals surface area contributed by atoms with Gasteiger partial charge in [-0.1, -0.05) is 0 Å². The van der Waals surface area contributed by atoms with Crippen molar-refractivity contribution in [3.63, 3.8) is 0 Å². The summed E-state index contributed by atoms with van der Waals surface area (Å²) in [6.07, 6.45) is 4.15. The fourth-order valence-corrected chi connectivity index (χ4v) is 2.24. The molecule has 1 aromatic rings. The molecule has 0 aliphatic rings. The number of hydrogen-bond donors (Lipinski definition) is 2. The lowest BCUT2D eigenvalue weighted by molar-refractivity contribution is -0.115. The number of nitrogens with one attached hydrogen (secondary N) is 1. The van der Waals surface area contributed by atoms with Crippen LogP contribution in [0.3, 0.4) is 0 Å². The molecule has 0 saturated heterocycles. The Bertz CT molecular complexity index is 436. The molecule has 1 rings (SSSR count). The first kappa shape index (κ1) is 18.8. The minimum atomic E-state index is -0.642. The first-order chi connectivity index (χ1) is 10.5. The highest BCUT2D eigenvalue weighted by atomic mass is 32.2. The quantitative estimate of drug-likeness (QED) is 0.641. The number of anilines is 1. The van der Waals surface area contributed by atoms with E-state index < -0.39 is 6.10 Å². The Morgan fingerprint density at radius 2 is 1.95 bits per heavy atom. The largest absolute Gasteiger partial charge is 0.491 e. The van der Waals surface area contributed by atoms with Crippen LogP contribution >= 0.6 is 0 Å². The molecule has 0 bridgehead atoms. The van der Waals surface area contributed by atoms with Crippen LogP contribution in [0, 0.1) is 0 Å². The number of ether oxygens (including phenoxy) is 2.